The van der Waals surface area contributed by atoms with E-state index in [0.29, 0.717) is 18.7 Å². The van der Waals surface area contributed by atoms with Crippen molar-refractivity contribution in [3.8, 4) is 0 Å². The molecule has 0 saturated carbocycles. The quantitative estimate of drug-likeness (QED) is 0.825. The van der Waals surface area contributed by atoms with Crippen molar-refractivity contribution in [1.82, 2.24) is 14.9 Å². The molecule has 25 heavy (non-hydrogen) atoms. The largest absolute Gasteiger partial charge is 0.348 e. The average molecular weight is 388 g/mol. The first-order valence-electron chi connectivity index (χ1n) is 8.69. The molecule has 2 aliphatic heterocycles. The Kier molecular flexibility index (Phi) is 7.25. The summed E-state index contributed by atoms with van der Waals surface area (Å²) >= 11 is 0. The van der Waals surface area contributed by atoms with E-state index in [1.807, 2.05) is 0 Å². The second kappa shape index (κ2) is 8.98. The maximum Gasteiger partial charge on any atom is 0.251 e. The van der Waals surface area contributed by atoms with Gasteiger partial charge in [0, 0.05) is 31.2 Å². The van der Waals surface area contributed by atoms with Gasteiger partial charge in [0.2, 0.25) is 10.0 Å². The summed E-state index contributed by atoms with van der Waals surface area (Å²) in [5.41, 5.74) is 0.402. The lowest BCUT2D eigenvalue weighted by atomic mass is 10.1. The van der Waals surface area contributed by atoms with Gasteiger partial charge in [-0.05, 0) is 50.4 Å². The molecule has 1 aromatic carbocycles. The van der Waals surface area contributed by atoms with Crippen LogP contribution in [0.4, 0.5) is 0 Å². The van der Waals surface area contributed by atoms with Gasteiger partial charge in [-0.2, -0.15) is 4.31 Å². The van der Waals surface area contributed by atoms with Crippen molar-refractivity contribution in [2.45, 2.75) is 43.0 Å². The van der Waals surface area contributed by atoms with Crippen LogP contribution in [0, 0.1) is 0 Å². The average Bonchev–Trinajstić information content (AvgIpc) is 2.63. The highest BCUT2D eigenvalue weighted by Gasteiger charge is 2.26. The van der Waals surface area contributed by atoms with Crippen LogP contribution in [-0.4, -0.2) is 50.9 Å². The molecule has 2 aliphatic rings. The lowest BCUT2D eigenvalue weighted by molar-refractivity contribution is 0.0930. The van der Waals surface area contributed by atoms with E-state index in [-0.39, 0.29) is 29.3 Å². The third-order valence-electron chi connectivity index (χ3n) is 4.68. The van der Waals surface area contributed by atoms with E-state index in [1.165, 1.54) is 10.4 Å². The molecule has 2 saturated heterocycles. The summed E-state index contributed by atoms with van der Waals surface area (Å²) in [7, 11) is -3.51. The van der Waals surface area contributed by atoms with Gasteiger partial charge in [-0.25, -0.2) is 8.42 Å². The molecule has 2 N–H and O–H groups in total. The van der Waals surface area contributed by atoms with Crippen LogP contribution in [-0.2, 0) is 10.0 Å². The molecule has 6 nitrogen and oxygen atoms in total. The fourth-order valence-electron chi connectivity index (χ4n) is 3.30. The number of nitrogens with zero attached hydrogens (tertiary/aromatic N) is 1. The van der Waals surface area contributed by atoms with Crippen molar-refractivity contribution in [1.29, 1.82) is 0 Å². The summed E-state index contributed by atoms with van der Waals surface area (Å²) in [6.07, 6.45) is 4.85. The van der Waals surface area contributed by atoms with Crippen LogP contribution in [0.3, 0.4) is 0 Å². The number of amides is 1. The molecule has 0 aromatic heterocycles. The van der Waals surface area contributed by atoms with E-state index in [9.17, 15) is 13.2 Å². The second-order valence-corrected chi connectivity index (χ2v) is 8.45. The molecule has 140 valence electrons. The zero-order valence-corrected chi connectivity index (χ0v) is 15.9. The molecular formula is C17H26ClN3O3S. The van der Waals surface area contributed by atoms with Crippen molar-refractivity contribution >= 4 is 28.3 Å². The first kappa shape index (κ1) is 20.2. The number of hydrogen-bond donors (Lipinski definition) is 2. The highest BCUT2D eigenvalue weighted by atomic mass is 35.5. The zero-order valence-electron chi connectivity index (χ0n) is 14.2. The molecule has 2 heterocycles. The minimum Gasteiger partial charge on any atom is -0.348 e. The van der Waals surface area contributed by atoms with Crippen LogP contribution in [0.5, 0.6) is 0 Å². The van der Waals surface area contributed by atoms with Crippen LogP contribution in [0.25, 0.3) is 0 Å². The van der Waals surface area contributed by atoms with Crippen LogP contribution in [0.2, 0.25) is 0 Å². The first-order valence-corrected chi connectivity index (χ1v) is 10.1. The van der Waals surface area contributed by atoms with Crippen LogP contribution in [0.1, 0.15) is 42.5 Å². The summed E-state index contributed by atoms with van der Waals surface area (Å²) in [5.74, 6) is -0.209. The van der Waals surface area contributed by atoms with E-state index in [1.54, 1.807) is 18.2 Å². The number of sulfonamides is 1. The van der Waals surface area contributed by atoms with E-state index < -0.39 is 10.0 Å². The maximum absolute atomic E-state index is 12.7. The summed E-state index contributed by atoms with van der Waals surface area (Å²) in [6, 6.07) is 6.48. The van der Waals surface area contributed by atoms with Crippen LogP contribution in [0.15, 0.2) is 29.2 Å². The van der Waals surface area contributed by atoms with Gasteiger partial charge in [-0.3, -0.25) is 4.79 Å². The van der Waals surface area contributed by atoms with Crippen molar-refractivity contribution < 1.29 is 13.2 Å². The molecular weight excluding hydrogens is 362 g/mol. The second-order valence-electron chi connectivity index (χ2n) is 6.51. The Labute approximate surface area is 155 Å². The molecule has 0 unspecified atom stereocenters. The topological polar surface area (TPSA) is 78.5 Å². The Hall–Kier alpha value is -1.15. The van der Waals surface area contributed by atoms with Gasteiger partial charge >= 0.3 is 0 Å². The van der Waals surface area contributed by atoms with Crippen molar-refractivity contribution in [3.63, 3.8) is 0 Å². The van der Waals surface area contributed by atoms with Gasteiger partial charge in [-0.15, -0.1) is 12.4 Å². The van der Waals surface area contributed by atoms with E-state index >= 15 is 0 Å². The minimum atomic E-state index is -3.51. The number of nitrogens with one attached hydrogen (secondary N) is 2. The summed E-state index contributed by atoms with van der Waals surface area (Å²) in [6.45, 7) is 2.87. The predicted octanol–water partition coefficient (Wildman–Crippen LogP) is 1.76. The fourth-order valence-corrected chi connectivity index (χ4v) is 4.86. The Morgan fingerprint density at radius 2 is 1.92 bits per heavy atom. The van der Waals surface area contributed by atoms with Crippen molar-refractivity contribution in [3.05, 3.63) is 29.8 Å². The van der Waals surface area contributed by atoms with Gasteiger partial charge in [0.15, 0.2) is 0 Å². The minimum absolute atomic E-state index is 0. The van der Waals surface area contributed by atoms with Gasteiger partial charge in [0.05, 0.1) is 4.90 Å². The highest BCUT2D eigenvalue weighted by Crippen LogP contribution is 2.21. The number of hydrogen-bond acceptors (Lipinski definition) is 4. The normalized spacial score (nSPS) is 22.0. The predicted molar refractivity (Wildman–Crippen MR) is 99.7 cm³/mol. The SMILES string of the molecule is Cl.O=C(N[C@H]1CCCNC1)c1cccc(S(=O)(=O)N2CCCCC2)c1. The molecule has 1 atom stereocenters. The molecule has 2 fully saturated rings. The van der Waals surface area contributed by atoms with Crippen molar-refractivity contribution in [2.24, 2.45) is 0 Å². The number of carbonyl (C=O) groups is 1. The fraction of sp³-hybridized carbons (Fsp3) is 0.588. The third kappa shape index (κ3) is 4.94. The van der Waals surface area contributed by atoms with Crippen LogP contribution < -0.4 is 10.6 Å². The molecule has 0 spiro atoms. The lowest BCUT2D eigenvalue weighted by Gasteiger charge is -2.26. The van der Waals surface area contributed by atoms with Gasteiger partial charge in [0.1, 0.15) is 0 Å². The van der Waals surface area contributed by atoms with E-state index in [0.717, 1.165) is 45.2 Å². The Morgan fingerprint density at radius 3 is 2.60 bits per heavy atom. The Morgan fingerprint density at radius 1 is 1.16 bits per heavy atom. The van der Waals surface area contributed by atoms with Crippen LogP contribution >= 0.6 is 12.4 Å². The van der Waals surface area contributed by atoms with Gasteiger partial charge < -0.3 is 10.6 Å². The molecule has 3 rings (SSSR count). The number of rotatable bonds is 4. The molecule has 0 aliphatic carbocycles. The molecule has 1 amide bonds. The summed E-state index contributed by atoms with van der Waals surface area (Å²) in [5, 5.41) is 6.24. The maximum atomic E-state index is 12.7. The molecule has 8 heteroatoms. The van der Waals surface area contributed by atoms with Crippen molar-refractivity contribution in [2.75, 3.05) is 26.2 Å². The lowest BCUT2D eigenvalue weighted by Crippen LogP contribution is -2.45. The van der Waals surface area contributed by atoms with Gasteiger partial charge in [-0.1, -0.05) is 12.5 Å². The van der Waals surface area contributed by atoms with Gasteiger partial charge in [0.25, 0.3) is 5.91 Å². The highest BCUT2D eigenvalue weighted by molar-refractivity contribution is 7.89. The first-order chi connectivity index (χ1) is 11.6. The van der Waals surface area contributed by atoms with E-state index in [4.69, 9.17) is 0 Å². The third-order valence-corrected chi connectivity index (χ3v) is 6.58. The zero-order chi connectivity index (χ0) is 17.0. The number of benzene rings is 1. The monoisotopic (exact) mass is 387 g/mol. The van der Waals surface area contributed by atoms with E-state index in [2.05, 4.69) is 10.6 Å². The Bertz CT molecular complexity index is 684. The molecule has 0 radical (unpaired) electrons. The summed E-state index contributed by atoms with van der Waals surface area (Å²) in [4.78, 5) is 12.6. The number of piperidine rings is 2. The molecule has 1 aromatic rings. The Balaban J connectivity index is 0.00000225. The number of carbonyl (C=O) groups excluding carboxylic acids is 1. The molecule has 0 bridgehead atoms. The standard InChI is InChI=1S/C17H25N3O3S.ClH/c21-17(19-15-7-5-9-18-13-15)14-6-4-8-16(12-14)24(22,23)20-10-2-1-3-11-20;/h4,6,8,12,15,18H,1-3,5,7,9-11,13H2,(H,19,21);1H/t15-;/m0./s1. The smallest absolute Gasteiger partial charge is 0.251 e. The number of halogens is 1. The summed E-state index contributed by atoms with van der Waals surface area (Å²) < 4.78 is 27.0.